The van der Waals surface area contributed by atoms with E-state index < -0.39 is 5.92 Å². The van der Waals surface area contributed by atoms with Gasteiger partial charge in [0.2, 0.25) is 11.8 Å². The second kappa shape index (κ2) is 5.34. The minimum atomic E-state index is -0.437. The van der Waals surface area contributed by atoms with Gasteiger partial charge in [-0.3, -0.25) is 14.9 Å². The monoisotopic (exact) mass is 306 g/mol. The predicted molar refractivity (Wildman–Crippen MR) is 76.8 cm³/mol. The third-order valence-electron chi connectivity index (χ3n) is 3.39. The van der Waals surface area contributed by atoms with Crippen LogP contribution >= 0.6 is 22.9 Å². The molecule has 1 aliphatic rings. The molecule has 0 bridgehead atoms. The second-order valence-corrected chi connectivity index (χ2v) is 5.82. The molecule has 102 valence electrons. The fourth-order valence-corrected chi connectivity index (χ4v) is 3.35. The molecule has 2 aromatic rings. The molecule has 20 heavy (non-hydrogen) atoms. The van der Waals surface area contributed by atoms with Crippen molar-refractivity contribution in [2.24, 2.45) is 0 Å². The van der Waals surface area contributed by atoms with Crippen LogP contribution in [0.2, 0.25) is 5.02 Å². The van der Waals surface area contributed by atoms with Gasteiger partial charge in [0.25, 0.3) is 0 Å². The van der Waals surface area contributed by atoms with Crippen molar-refractivity contribution in [2.75, 3.05) is 0 Å². The van der Waals surface area contributed by atoms with Crippen LogP contribution in [0.25, 0.3) is 0 Å². The van der Waals surface area contributed by atoms with Crippen LogP contribution in [0.1, 0.15) is 29.5 Å². The third-order valence-corrected chi connectivity index (χ3v) is 4.23. The van der Waals surface area contributed by atoms with Gasteiger partial charge in [-0.25, -0.2) is 4.98 Å². The molecule has 0 saturated carbocycles. The molecule has 3 rings (SSSR count). The minimum Gasteiger partial charge on any atom is -0.296 e. The molecule has 1 aromatic carbocycles. The fourth-order valence-electron chi connectivity index (χ4n) is 2.53. The lowest BCUT2D eigenvalue weighted by molar-refractivity contribution is -0.135. The Labute approximate surface area is 124 Å². The van der Waals surface area contributed by atoms with E-state index in [2.05, 4.69) is 10.3 Å². The van der Waals surface area contributed by atoms with Crippen LogP contribution in [-0.2, 0) is 9.59 Å². The molecule has 2 unspecified atom stereocenters. The highest BCUT2D eigenvalue weighted by molar-refractivity contribution is 7.07. The van der Waals surface area contributed by atoms with Gasteiger partial charge in [0.1, 0.15) is 0 Å². The second-order valence-electron chi connectivity index (χ2n) is 4.67. The lowest BCUT2D eigenvalue weighted by atomic mass is 9.79. The zero-order chi connectivity index (χ0) is 14.1. The van der Waals surface area contributed by atoms with Crippen molar-refractivity contribution in [3.05, 3.63) is 51.4 Å². The number of carbonyl (C=O) groups is 2. The van der Waals surface area contributed by atoms with Crippen molar-refractivity contribution in [3.63, 3.8) is 0 Å². The normalized spacial score (nSPS) is 22.6. The quantitative estimate of drug-likeness (QED) is 0.868. The molecule has 1 aromatic heterocycles. The van der Waals surface area contributed by atoms with Gasteiger partial charge in [0.15, 0.2) is 0 Å². The van der Waals surface area contributed by atoms with E-state index in [4.69, 9.17) is 11.6 Å². The first kappa shape index (κ1) is 13.3. The Morgan fingerprint density at radius 3 is 2.90 bits per heavy atom. The van der Waals surface area contributed by atoms with Crippen LogP contribution in [0, 0.1) is 0 Å². The molecule has 2 atom stereocenters. The maximum atomic E-state index is 12.2. The summed E-state index contributed by atoms with van der Waals surface area (Å²) in [7, 11) is 0. The van der Waals surface area contributed by atoms with Crippen LogP contribution in [0.4, 0.5) is 0 Å². The molecule has 1 N–H and O–H groups in total. The van der Waals surface area contributed by atoms with E-state index in [9.17, 15) is 9.59 Å². The fraction of sp³-hybridized carbons (Fsp3) is 0.214. The molecular weight excluding hydrogens is 296 g/mol. The highest BCUT2D eigenvalue weighted by Gasteiger charge is 2.38. The lowest BCUT2D eigenvalue weighted by Gasteiger charge is -2.29. The van der Waals surface area contributed by atoms with Gasteiger partial charge in [-0.15, -0.1) is 11.3 Å². The van der Waals surface area contributed by atoms with E-state index >= 15 is 0 Å². The number of rotatable bonds is 2. The molecule has 1 aliphatic heterocycles. The number of imide groups is 1. The van der Waals surface area contributed by atoms with Gasteiger partial charge in [0.05, 0.1) is 17.1 Å². The van der Waals surface area contributed by atoms with Gasteiger partial charge in [-0.1, -0.05) is 23.7 Å². The molecule has 0 aliphatic carbocycles. The highest BCUT2D eigenvalue weighted by atomic mass is 35.5. The topological polar surface area (TPSA) is 59.1 Å². The summed E-state index contributed by atoms with van der Waals surface area (Å²) in [5.74, 6) is -1.22. The molecular formula is C14H11ClN2O2S. The number of amides is 2. The van der Waals surface area contributed by atoms with Crippen molar-refractivity contribution in [1.82, 2.24) is 10.3 Å². The summed E-state index contributed by atoms with van der Waals surface area (Å²) in [6, 6.07) is 7.18. The van der Waals surface area contributed by atoms with Gasteiger partial charge in [-0.05, 0) is 17.7 Å². The Hall–Kier alpha value is -1.72. The first-order valence-electron chi connectivity index (χ1n) is 6.12. The van der Waals surface area contributed by atoms with Gasteiger partial charge >= 0.3 is 0 Å². The van der Waals surface area contributed by atoms with Gasteiger partial charge < -0.3 is 0 Å². The zero-order valence-corrected chi connectivity index (χ0v) is 11.9. The van der Waals surface area contributed by atoms with Crippen LogP contribution in [0.15, 0.2) is 35.2 Å². The maximum absolute atomic E-state index is 12.2. The summed E-state index contributed by atoms with van der Waals surface area (Å²) in [5, 5.41) is 4.85. The highest BCUT2D eigenvalue weighted by Crippen LogP contribution is 2.38. The molecule has 1 fully saturated rings. The van der Waals surface area contributed by atoms with E-state index in [1.807, 2.05) is 11.4 Å². The number of nitrogens with one attached hydrogen (secondary N) is 1. The number of halogens is 1. The number of carbonyl (C=O) groups excluding carboxylic acids is 2. The Morgan fingerprint density at radius 2 is 2.20 bits per heavy atom. The van der Waals surface area contributed by atoms with E-state index in [1.54, 1.807) is 23.7 Å². The summed E-state index contributed by atoms with van der Waals surface area (Å²) in [6.45, 7) is 0. The first-order chi connectivity index (χ1) is 9.65. The van der Waals surface area contributed by atoms with Crippen molar-refractivity contribution < 1.29 is 9.59 Å². The minimum absolute atomic E-state index is 0.235. The summed E-state index contributed by atoms with van der Waals surface area (Å²) < 4.78 is 0. The molecule has 1 saturated heterocycles. The van der Waals surface area contributed by atoms with Crippen molar-refractivity contribution in [3.8, 4) is 0 Å². The molecule has 0 radical (unpaired) electrons. The maximum Gasteiger partial charge on any atom is 0.234 e. The summed E-state index contributed by atoms with van der Waals surface area (Å²) in [4.78, 5) is 28.1. The van der Waals surface area contributed by atoms with E-state index in [1.165, 1.54) is 11.3 Å². The molecule has 2 amide bonds. The number of piperidine rings is 1. The number of thiazole rings is 1. The Balaban J connectivity index is 2.04. The van der Waals surface area contributed by atoms with E-state index in [0.29, 0.717) is 5.02 Å². The predicted octanol–water partition coefficient (Wildman–Crippen LogP) is 2.71. The first-order valence-corrected chi connectivity index (χ1v) is 7.44. The Morgan fingerprint density at radius 1 is 1.35 bits per heavy atom. The summed E-state index contributed by atoms with van der Waals surface area (Å²) in [6.07, 6.45) is 0.257. The zero-order valence-electron chi connectivity index (χ0n) is 10.4. The summed E-state index contributed by atoms with van der Waals surface area (Å²) >= 11 is 7.46. The summed E-state index contributed by atoms with van der Waals surface area (Å²) in [5.41, 5.74) is 3.30. The molecule has 6 heteroatoms. The molecule has 2 heterocycles. The van der Waals surface area contributed by atoms with Gasteiger partial charge in [0, 0.05) is 22.7 Å². The lowest BCUT2D eigenvalue weighted by Crippen LogP contribution is -2.43. The number of hydrogen-bond donors (Lipinski definition) is 1. The Bertz CT molecular complexity index is 657. The third kappa shape index (κ3) is 2.46. The largest absolute Gasteiger partial charge is 0.296 e. The smallest absolute Gasteiger partial charge is 0.234 e. The van der Waals surface area contributed by atoms with Crippen LogP contribution in [0.5, 0.6) is 0 Å². The number of nitrogens with zero attached hydrogens (tertiary/aromatic N) is 1. The standard InChI is InChI=1S/C14H11ClN2O2S/c15-9-3-1-2-8(4-9)13-10(11-6-20-7-16-11)5-12(18)17-14(13)19/h1-4,6-7,10,13H,5H2,(H,17,18,19). The number of hydrogen-bond acceptors (Lipinski definition) is 4. The van der Waals surface area contributed by atoms with Crippen LogP contribution in [0.3, 0.4) is 0 Å². The average Bonchev–Trinajstić information content (AvgIpc) is 2.91. The average molecular weight is 307 g/mol. The SMILES string of the molecule is O=C1CC(c2cscn2)C(c2cccc(Cl)c2)C(=O)N1. The van der Waals surface area contributed by atoms with Crippen LogP contribution < -0.4 is 5.32 Å². The van der Waals surface area contributed by atoms with Gasteiger partial charge in [-0.2, -0.15) is 0 Å². The number of benzene rings is 1. The Kier molecular flexibility index (Phi) is 3.54. The van der Waals surface area contributed by atoms with Crippen molar-refractivity contribution in [2.45, 2.75) is 18.3 Å². The van der Waals surface area contributed by atoms with Crippen LogP contribution in [-0.4, -0.2) is 16.8 Å². The van der Waals surface area contributed by atoms with Crippen molar-refractivity contribution in [1.29, 1.82) is 0 Å². The number of aromatic nitrogens is 1. The van der Waals surface area contributed by atoms with Crippen molar-refractivity contribution >= 4 is 34.8 Å². The molecule has 4 nitrogen and oxygen atoms in total. The molecule has 0 spiro atoms. The van der Waals surface area contributed by atoms with E-state index in [-0.39, 0.29) is 24.2 Å². The van der Waals surface area contributed by atoms with E-state index in [0.717, 1.165) is 11.3 Å².